The van der Waals surface area contributed by atoms with Gasteiger partial charge in [-0.1, -0.05) is 19.3 Å². The summed E-state index contributed by atoms with van der Waals surface area (Å²) < 4.78 is 0. The molecule has 0 radical (unpaired) electrons. The molecule has 3 fully saturated rings. The number of urea groups is 1. The number of hydrogen-bond donors (Lipinski definition) is 1. The van der Waals surface area contributed by atoms with Crippen LogP contribution in [0.1, 0.15) is 44.9 Å². The number of carbonyl (C=O) groups is 4. The maximum atomic E-state index is 12.9. The molecule has 8 nitrogen and oxygen atoms in total. The van der Waals surface area contributed by atoms with Gasteiger partial charge in [-0.25, -0.2) is 4.79 Å². The van der Waals surface area contributed by atoms with Gasteiger partial charge in [0.1, 0.15) is 12.1 Å². The zero-order valence-electron chi connectivity index (χ0n) is 14.6. The molecule has 0 aromatic carbocycles. The smallest absolute Gasteiger partial charge is 0.327 e. The van der Waals surface area contributed by atoms with E-state index in [-0.39, 0.29) is 18.4 Å². The molecule has 0 aromatic rings. The highest BCUT2D eigenvalue weighted by atomic mass is 16.4. The van der Waals surface area contributed by atoms with Gasteiger partial charge >= 0.3 is 12.0 Å². The number of imide groups is 1. The largest absolute Gasteiger partial charge is 0.481 e. The van der Waals surface area contributed by atoms with Crippen molar-refractivity contribution in [3.8, 4) is 0 Å². The minimum atomic E-state index is -0.835. The third-order valence-electron chi connectivity index (χ3n) is 5.97. The highest BCUT2D eigenvalue weighted by Gasteiger charge is 2.56. The fourth-order valence-corrected chi connectivity index (χ4v) is 4.28. The van der Waals surface area contributed by atoms with E-state index in [4.69, 9.17) is 5.11 Å². The van der Waals surface area contributed by atoms with Gasteiger partial charge in [-0.05, 0) is 25.7 Å². The van der Waals surface area contributed by atoms with E-state index >= 15 is 0 Å². The molecule has 138 valence electrons. The van der Waals surface area contributed by atoms with Gasteiger partial charge in [-0.2, -0.15) is 0 Å². The van der Waals surface area contributed by atoms with Crippen molar-refractivity contribution in [1.29, 1.82) is 0 Å². The van der Waals surface area contributed by atoms with Gasteiger partial charge in [0.25, 0.3) is 5.91 Å². The van der Waals surface area contributed by atoms with Gasteiger partial charge in [0.15, 0.2) is 0 Å². The summed E-state index contributed by atoms with van der Waals surface area (Å²) in [6, 6.07) is -0.402. The van der Waals surface area contributed by atoms with Crippen molar-refractivity contribution in [3.63, 3.8) is 0 Å². The quantitative estimate of drug-likeness (QED) is 0.762. The number of likely N-dealkylation sites (N-methyl/N-ethyl adjacent to an activating group) is 1. The van der Waals surface area contributed by atoms with Crippen LogP contribution in [-0.2, 0) is 14.4 Å². The number of piperidine rings is 1. The fraction of sp³-hybridized carbons (Fsp3) is 0.765. The van der Waals surface area contributed by atoms with E-state index in [1.54, 1.807) is 11.9 Å². The monoisotopic (exact) mass is 351 g/mol. The second-order valence-corrected chi connectivity index (χ2v) is 7.32. The molecule has 0 unspecified atom stereocenters. The van der Waals surface area contributed by atoms with Gasteiger partial charge in [-0.15, -0.1) is 0 Å². The first-order valence-electron chi connectivity index (χ1n) is 8.97. The van der Waals surface area contributed by atoms with Crippen LogP contribution in [0.3, 0.4) is 0 Å². The number of carbonyl (C=O) groups excluding carboxylic acids is 3. The second-order valence-electron chi connectivity index (χ2n) is 7.32. The number of aliphatic carboxylic acids is 1. The summed E-state index contributed by atoms with van der Waals surface area (Å²) in [6.07, 6.45) is 5.02. The number of hydrogen-bond acceptors (Lipinski definition) is 4. The van der Waals surface area contributed by atoms with Crippen LogP contribution < -0.4 is 0 Å². The summed E-state index contributed by atoms with van der Waals surface area (Å²) in [5.74, 6) is -1.80. The molecule has 2 heterocycles. The van der Waals surface area contributed by atoms with Crippen LogP contribution in [0.25, 0.3) is 0 Å². The fourth-order valence-electron chi connectivity index (χ4n) is 4.28. The highest BCUT2D eigenvalue weighted by Crippen LogP contribution is 2.39. The van der Waals surface area contributed by atoms with Crippen LogP contribution in [0, 0.1) is 5.92 Å². The molecule has 1 aliphatic carbocycles. The molecule has 1 spiro atoms. The molecule has 2 saturated heterocycles. The molecule has 2 aliphatic heterocycles. The van der Waals surface area contributed by atoms with Crippen LogP contribution in [0.2, 0.25) is 0 Å². The number of rotatable bonds is 3. The predicted octanol–water partition coefficient (Wildman–Crippen LogP) is 0.906. The summed E-state index contributed by atoms with van der Waals surface area (Å²) in [7, 11) is 1.65. The van der Waals surface area contributed by atoms with Crippen molar-refractivity contribution in [1.82, 2.24) is 14.7 Å². The topological polar surface area (TPSA) is 98.2 Å². The highest BCUT2D eigenvalue weighted by molar-refractivity contribution is 6.08. The third kappa shape index (κ3) is 2.98. The maximum Gasteiger partial charge on any atom is 0.327 e. The zero-order valence-corrected chi connectivity index (χ0v) is 14.6. The second kappa shape index (κ2) is 6.65. The lowest BCUT2D eigenvalue weighted by Crippen LogP contribution is -2.50. The van der Waals surface area contributed by atoms with Gasteiger partial charge < -0.3 is 14.9 Å². The van der Waals surface area contributed by atoms with Crippen molar-refractivity contribution in [2.24, 2.45) is 5.92 Å². The van der Waals surface area contributed by atoms with E-state index in [9.17, 15) is 19.2 Å². The zero-order chi connectivity index (χ0) is 18.2. The molecule has 0 aromatic heterocycles. The van der Waals surface area contributed by atoms with Gasteiger partial charge in [-0.3, -0.25) is 19.3 Å². The Bertz CT molecular complexity index is 591. The third-order valence-corrected chi connectivity index (χ3v) is 5.97. The van der Waals surface area contributed by atoms with E-state index in [1.807, 2.05) is 0 Å². The minimum Gasteiger partial charge on any atom is -0.481 e. The lowest BCUT2D eigenvalue weighted by atomic mass is 9.81. The van der Waals surface area contributed by atoms with Crippen LogP contribution in [0.5, 0.6) is 0 Å². The van der Waals surface area contributed by atoms with Crippen molar-refractivity contribution >= 4 is 23.8 Å². The molecule has 0 bridgehead atoms. The Kier molecular flexibility index (Phi) is 4.71. The molecule has 3 rings (SSSR count). The number of nitrogens with zero attached hydrogens (tertiary/aromatic N) is 3. The van der Waals surface area contributed by atoms with E-state index in [0.717, 1.165) is 24.2 Å². The van der Waals surface area contributed by atoms with E-state index in [0.29, 0.717) is 38.8 Å². The summed E-state index contributed by atoms with van der Waals surface area (Å²) in [6.45, 7) is 0.460. The Morgan fingerprint density at radius 1 is 1.12 bits per heavy atom. The van der Waals surface area contributed by atoms with Crippen LogP contribution >= 0.6 is 0 Å². The molecule has 8 heteroatoms. The van der Waals surface area contributed by atoms with Crippen molar-refractivity contribution in [2.75, 3.05) is 26.7 Å². The van der Waals surface area contributed by atoms with E-state index < -0.39 is 23.5 Å². The van der Waals surface area contributed by atoms with Crippen molar-refractivity contribution in [2.45, 2.75) is 50.5 Å². The lowest BCUT2D eigenvalue weighted by molar-refractivity contribution is -0.146. The molecule has 3 aliphatic rings. The van der Waals surface area contributed by atoms with Gasteiger partial charge in [0.05, 0.1) is 5.92 Å². The average molecular weight is 351 g/mol. The van der Waals surface area contributed by atoms with E-state index in [2.05, 4.69) is 0 Å². The van der Waals surface area contributed by atoms with E-state index in [1.165, 1.54) is 4.90 Å². The SMILES string of the molecule is CN1C(=O)N(CC(=O)N2CCC(C(=O)O)CC2)C(=O)C12CCCCC2. The van der Waals surface area contributed by atoms with Crippen LogP contribution in [0.15, 0.2) is 0 Å². The Morgan fingerprint density at radius 3 is 2.28 bits per heavy atom. The summed E-state index contributed by atoms with van der Waals surface area (Å²) in [5, 5.41) is 9.03. The lowest BCUT2D eigenvalue weighted by Gasteiger charge is -2.36. The predicted molar refractivity (Wildman–Crippen MR) is 87.6 cm³/mol. The molecule has 1 saturated carbocycles. The summed E-state index contributed by atoms with van der Waals surface area (Å²) in [4.78, 5) is 53.1. The first-order valence-corrected chi connectivity index (χ1v) is 8.97. The standard InChI is InChI=1S/C17H25N3O5/c1-18-16(25)20(15(24)17(18)7-3-2-4-8-17)11-13(21)19-9-5-12(6-10-19)14(22)23/h12H,2-11H2,1H3,(H,22,23). The number of likely N-dealkylation sites (tertiary alicyclic amines) is 1. The molecule has 25 heavy (non-hydrogen) atoms. The number of amides is 4. The Morgan fingerprint density at radius 2 is 1.72 bits per heavy atom. The molecular weight excluding hydrogens is 326 g/mol. The molecule has 1 N–H and O–H groups in total. The maximum absolute atomic E-state index is 12.9. The Labute approximate surface area is 146 Å². The Balaban J connectivity index is 1.64. The first-order chi connectivity index (χ1) is 11.9. The van der Waals surface area contributed by atoms with Crippen LogP contribution in [0.4, 0.5) is 4.79 Å². The normalized spacial score (nSPS) is 24.3. The van der Waals surface area contributed by atoms with Gasteiger partial charge in [0, 0.05) is 20.1 Å². The Hall–Kier alpha value is -2.12. The van der Waals surface area contributed by atoms with Crippen molar-refractivity contribution in [3.05, 3.63) is 0 Å². The molecular formula is C17H25N3O5. The molecule has 4 amide bonds. The van der Waals surface area contributed by atoms with Crippen LogP contribution in [-0.4, -0.2) is 75.8 Å². The molecule has 0 atom stereocenters. The number of carboxylic acids is 1. The minimum absolute atomic E-state index is 0.249. The summed E-state index contributed by atoms with van der Waals surface area (Å²) in [5.41, 5.74) is -0.772. The average Bonchev–Trinajstić information content (AvgIpc) is 2.79. The van der Waals surface area contributed by atoms with Gasteiger partial charge in [0.2, 0.25) is 5.91 Å². The number of carboxylic acid groups (broad SMARTS) is 1. The summed E-state index contributed by atoms with van der Waals surface area (Å²) >= 11 is 0. The first kappa shape index (κ1) is 17.7. The van der Waals surface area contributed by atoms with Crippen molar-refractivity contribution < 1.29 is 24.3 Å².